The van der Waals surface area contributed by atoms with Gasteiger partial charge in [-0.3, -0.25) is 4.98 Å². The van der Waals surface area contributed by atoms with E-state index in [0.717, 1.165) is 17.7 Å². The van der Waals surface area contributed by atoms with Crippen LogP contribution in [0.5, 0.6) is 0 Å². The lowest BCUT2D eigenvalue weighted by Crippen LogP contribution is -2.35. The molecule has 2 aliphatic rings. The van der Waals surface area contributed by atoms with Crippen molar-refractivity contribution < 1.29 is 0 Å². The fourth-order valence-electron chi connectivity index (χ4n) is 7.68. The summed E-state index contributed by atoms with van der Waals surface area (Å²) in [6, 6.07) is 38.8. The van der Waals surface area contributed by atoms with Crippen molar-refractivity contribution in [2.75, 3.05) is 0 Å². The molecule has 2 atom stereocenters. The van der Waals surface area contributed by atoms with Gasteiger partial charge in [-0.1, -0.05) is 131 Å². The summed E-state index contributed by atoms with van der Waals surface area (Å²) >= 11 is 0. The van der Waals surface area contributed by atoms with Crippen LogP contribution in [0.1, 0.15) is 68.9 Å². The van der Waals surface area contributed by atoms with Crippen LogP contribution in [-0.2, 0) is 16.4 Å². The SMILES string of the molecule is CC(C)(C)c1cc2ccc3c4c(ccc(c1)c24)=C(c1ccc(-c2ccccn2)cc1)CC3(C)c1ccc(C2(C)C=CC=CN2)cc1. The highest BCUT2D eigenvalue weighted by Gasteiger charge is 2.37. The van der Waals surface area contributed by atoms with E-state index in [9.17, 15) is 0 Å². The molecule has 2 heterocycles. The summed E-state index contributed by atoms with van der Waals surface area (Å²) in [5.74, 6) is 0. The molecule has 226 valence electrons. The molecule has 6 aromatic rings. The molecule has 8 rings (SSSR count). The number of hydrogen-bond donors (Lipinski definition) is 1. The lowest BCUT2D eigenvalue weighted by atomic mass is 9.65. The second-order valence-electron chi connectivity index (χ2n) is 14.6. The van der Waals surface area contributed by atoms with E-state index in [1.807, 2.05) is 30.6 Å². The average Bonchev–Trinajstić information content (AvgIpc) is 3.08. The van der Waals surface area contributed by atoms with Crippen LogP contribution >= 0.6 is 0 Å². The second-order valence-corrected chi connectivity index (χ2v) is 14.6. The molecule has 5 aromatic carbocycles. The van der Waals surface area contributed by atoms with E-state index in [0.29, 0.717) is 0 Å². The highest BCUT2D eigenvalue weighted by atomic mass is 14.9. The molecule has 1 aliphatic carbocycles. The Labute approximate surface area is 272 Å². The van der Waals surface area contributed by atoms with Crippen molar-refractivity contribution in [1.82, 2.24) is 10.3 Å². The summed E-state index contributed by atoms with van der Waals surface area (Å²) in [6.07, 6.45) is 11.2. The Balaban J connectivity index is 1.34. The molecule has 2 heteroatoms. The molecule has 0 radical (unpaired) electrons. The van der Waals surface area contributed by atoms with Gasteiger partial charge in [0.25, 0.3) is 0 Å². The molecule has 1 aliphatic heterocycles. The number of allylic oxidation sites excluding steroid dienone is 2. The van der Waals surface area contributed by atoms with Gasteiger partial charge >= 0.3 is 0 Å². The first-order valence-corrected chi connectivity index (χ1v) is 16.4. The Morgan fingerprint density at radius 3 is 2.04 bits per heavy atom. The Morgan fingerprint density at radius 2 is 1.39 bits per heavy atom. The lowest BCUT2D eigenvalue weighted by molar-refractivity contribution is 0.522. The van der Waals surface area contributed by atoms with E-state index >= 15 is 0 Å². The number of dihydropyridines is 1. The highest BCUT2D eigenvalue weighted by Crippen LogP contribution is 2.47. The Kier molecular flexibility index (Phi) is 6.38. The van der Waals surface area contributed by atoms with Crippen molar-refractivity contribution >= 4 is 27.1 Å². The van der Waals surface area contributed by atoms with Crippen LogP contribution in [-0.4, -0.2) is 4.98 Å². The number of nitrogens with one attached hydrogen (secondary N) is 1. The number of benzene rings is 5. The first-order valence-electron chi connectivity index (χ1n) is 16.4. The van der Waals surface area contributed by atoms with Crippen LogP contribution in [0.3, 0.4) is 0 Å². The molecular weight excluding hydrogens is 556 g/mol. The maximum absolute atomic E-state index is 4.59. The van der Waals surface area contributed by atoms with Crippen LogP contribution < -0.4 is 10.5 Å². The van der Waals surface area contributed by atoms with Gasteiger partial charge in [-0.05, 0) is 103 Å². The summed E-state index contributed by atoms with van der Waals surface area (Å²) in [5.41, 5.74) is 9.86. The molecule has 1 aromatic heterocycles. The summed E-state index contributed by atoms with van der Waals surface area (Å²) in [5, 5.41) is 10.3. The van der Waals surface area contributed by atoms with Gasteiger partial charge in [-0.25, -0.2) is 0 Å². The predicted molar refractivity (Wildman–Crippen MR) is 194 cm³/mol. The third-order valence-electron chi connectivity index (χ3n) is 10.5. The monoisotopic (exact) mass is 596 g/mol. The zero-order chi connectivity index (χ0) is 31.7. The fourth-order valence-corrected chi connectivity index (χ4v) is 7.68. The molecule has 0 amide bonds. The molecule has 46 heavy (non-hydrogen) atoms. The van der Waals surface area contributed by atoms with Crippen LogP contribution in [0, 0.1) is 0 Å². The van der Waals surface area contributed by atoms with E-state index in [1.165, 1.54) is 60.2 Å². The van der Waals surface area contributed by atoms with Crippen LogP contribution in [0.2, 0.25) is 0 Å². The molecule has 0 fully saturated rings. The van der Waals surface area contributed by atoms with E-state index in [4.69, 9.17) is 0 Å². The third kappa shape index (κ3) is 4.50. The molecule has 0 saturated carbocycles. The minimum absolute atomic E-state index is 0.0795. The lowest BCUT2D eigenvalue weighted by Gasteiger charge is -2.38. The zero-order valence-corrected chi connectivity index (χ0v) is 27.4. The zero-order valence-electron chi connectivity index (χ0n) is 27.4. The standard InChI is InChI=1S/C44H40N2/c1-42(2,3)35-26-31-15-21-36-37(29-11-13-30(14-12-29)39-10-6-8-24-45-39)28-43(4,38-22-16-32(27-35)40(31)41(36)38)33-17-19-34(20-18-33)44(5)23-7-9-25-46-44/h6-27,46H,28H2,1-5H3. The maximum Gasteiger partial charge on any atom is 0.0779 e. The number of nitrogens with zero attached hydrogens (tertiary/aromatic N) is 1. The molecule has 0 bridgehead atoms. The van der Waals surface area contributed by atoms with Gasteiger partial charge in [0, 0.05) is 17.2 Å². The quantitative estimate of drug-likeness (QED) is 0.219. The minimum Gasteiger partial charge on any atom is -0.378 e. The second kappa shape index (κ2) is 10.3. The van der Waals surface area contributed by atoms with Crippen LogP contribution in [0.15, 0.2) is 134 Å². The van der Waals surface area contributed by atoms with Crippen LogP contribution in [0.4, 0.5) is 0 Å². The topological polar surface area (TPSA) is 24.9 Å². The summed E-state index contributed by atoms with van der Waals surface area (Å²) in [6.45, 7) is 11.6. The van der Waals surface area contributed by atoms with E-state index in [2.05, 4.69) is 148 Å². The first-order chi connectivity index (χ1) is 22.1. The van der Waals surface area contributed by atoms with Gasteiger partial charge in [0.1, 0.15) is 0 Å². The van der Waals surface area contributed by atoms with Gasteiger partial charge in [-0.15, -0.1) is 0 Å². The molecule has 0 saturated heterocycles. The smallest absolute Gasteiger partial charge is 0.0779 e. The predicted octanol–water partition coefficient (Wildman–Crippen LogP) is 9.87. The van der Waals surface area contributed by atoms with E-state index in [-0.39, 0.29) is 16.4 Å². The summed E-state index contributed by atoms with van der Waals surface area (Å²) in [4.78, 5) is 4.59. The van der Waals surface area contributed by atoms with Crippen molar-refractivity contribution in [3.8, 4) is 11.3 Å². The highest BCUT2D eigenvalue weighted by molar-refractivity contribution is 6.13. The van der Waals surface area contributed by atoms with E-state index in [1.54, 1.807) is 0 Å². The van der Waals surface area contributed by atoms with Crippen molar-refractivity contribution in [3.63, 3.8) is 0 Å². The average molecular weight is 597 g/mol. The minimum atomic E-state index is -0.215. The van der Waals surface area contributed by atoms with Gasteiger partial charge in [-0.2, -0.15) is 0 Å². The number of rotatable bonds is 4. The molecule has 1 N–H and O–H groups in total. The van der Waals surface area contributed by atoms with Crippen LogP contribution in [0.25, 0.3) is 38.4 Å². The Hall–Kier alpha value is -4.95. The molecule has 0 spiro atoms. The molecule has 2 nitrogen and oxygen atoms in total. The van der Waals surface area contributed by atoms with Crippen molar-refractivity contribution in [3.05, 3.63) is 167 Å². The van der Waals surface area contributed by atoms with Crippen molar-refractivity contribution in [2.45, 2.75) is 57.4 Å². The number of pyridine rings is 1. The fraction of sp³-hybridized carbons (Fsp3) is 0.205. The first kappa shape index (κ1) is 28.5. The normalized spacial score (nSPS) is 20.8. The molecular formula is C44H40N2. The largest absolute Gasteiger partial charge is 0.378 e. The third-order valence-corrected chi connectivity index (χ3v) is 10.5. The van der Waals surface area contributed by atoms with E-state index < -0.39 is 0 Å². The Bertz CT molecular complexity index is 2210. The molecule has 2 unspecified atom stereocenters. The van der Waals surface area contributed by atoms with Crippen molar-refractivity contribution in [1.29, 1.82) is 0 Å². The van der Waals surface area contributed by atoms with Crippen molar-refractivity contribution in [2.24, 2.45) is 0 Å². The maximum atomic E-state index is 4.59. The van der Waals surface area contributed by atoms with Gasteiger partial charge in [0.2, 0.25) is 0 Å². The summed E-state index contributed by atoms with van der Waals surface area (Å²) < 4.78 is 0. The number of hydrogen-bond acceptors (Lipinski definition) is 2. The summed E-state index contributed by atoms with van der Waals surface area (Å²) in [7, 11) is 0. The van der Waals surface area contributed by atoms with Gasteiger partial charge in [0.05, 0.1) is 11.2 Å². The Morgan fingerprint density at radius 1 is 0.696 bits per heavy atom. The number of aromatic nitrogens is 1. The van der Waals surface area contributed by atoms with Gasteiger partial charge in [0.15, 0.2) is 0 Å². The van der Waals surface area contributed by atoms with Gasteiger partial charge < -0.3 is 5.32 Å².